The smallest absolute Gasteiger partial charge is 0.252 e. The highest BCUT2D eigenvalue weighted by atomic mass is 16.5. The molecule has 0 saturated heterocycles. The number of carbonyl (C=O) groups is 1. The number of amides is 1. The molecule has 7 heteroatoms. The van der Waals surface area contributed by atoms with E-state index in [9.17, 15) is 4.79 Å². The molecule has 0 aliphatic heterocycles. The normalized spacial score (nSPS) is 11.5. The fourth-order valence-electron chi connectivity index (χ4n) is 3.01. The Labute approximate surface area is 171 Å². The number of aromatic nitrogens is 3. The first-order valence-corrected chi connectivity index (χ1v) is 9.61. The first-order chi connectivity index (χ1) is 13.8. The molecule has 0 aliphatic carbocycles. The second-order valence-electron chi connectivity index (χ2n) is 8.18. The zero-order chi connectivity index (χ0) is 21.0. The van der Waals surface area contributed by atoms with Gasteiger partial charge >= 0.3 is 0 Å². The summed E-state index contributed by atoms with van der Waals surface area (Å²) < 4.78 is 12.5. The number of hydrogen-bond donors (Lipinski definition) is 1. The number of nitrogens with zero attached hydrogens (tertiary/aromatic N) is 3. The Morgan fingerprint density at radius 3 is 2.62 bits per heavy atom. The number of rotatable bonds is 7. The van der Waals surface area contributed by atoms with E-state index in [4.69, 9.17) is 9.47 Å². The minimum absolute atomic E-state index is 0.117. The summed E-state index contributed by atoms with van der Waals surface area (Å²) in [7, 11) is 3.25. The topological polar surface area (TPSA) is 78.3 Å². The van der Waals surface area contributed by atoms with Crippen molar-refractivity contribution in [3.8, 4) is 11.5 Å². The van der Waals surface area contributed by atoms with Gasteiger partial charge in [-0.15, -0.1) is 0 Å². The summed E-state index contributed by atoms with van der Waals surface area (Å²) in [5.74, 6) is 1.34. The van der Waals surface area contributed by atoms with E-state index in [1.165, 1.54) is 0 Å². The number of methoxy groups -OCH3 is 2. The number of pyridine rings is 1. The molecule has 0 aliphatic rings. The van der Waals surface area contributed by atoms with E-state index in [1.807, 2.05) is 24.3 Å². The Bertz CT molecular complexity index is 1000. The highest BCUT2D eigenvalue weighted by Gasteiger charge is 2.14. The molecule has 2 heterocycles. The number of benzene rings is 1. The molecular weight excluding hydrogens is 368 g/mol. The van der Waals surface area contributed by atoms with Crippen molar-refractivity contribution in [1.82, 2.24) is 20.1 Å². The van der Waals surface area contributed by atoms with Crippen LogP contribution in [0.15, 0.2) is 36.7 Å². The van der Waals surface area contributed by atoms with Gasteiger partial charge in [0.05, 0.1) is 32.5 Å². The second-order valence-corrected chi connectivity index (χ2v) is 8.18. The molecule has 154 valence electrons. The van der Waals surface area contributed by atoms with Crippen molar-refractivity contribution < 1.29 is 14.3 Å². The lowest BCUT2D eigenvalue weighted by molar-refractivity contribution is 0.0949. The van der Waals surface area contributed by atoms with Gasteiger partial charge in [-0.3, -0.25) is 4.79 Å². The Morgan fingerprint density at radius 2 is 1.93 bits per heavy atom. The molecule has 0 bridgehead atoms. The summed E-state index contributed by atoms with van der Waals surface area (Å²) in [6, 6.07) is 7.50. The fourth-order valence-corrected chi connectivity index (χ4v) is 3.01. The van der Waals surface area contributed by atoms with Crippen LogP contribution in [0.25, 0.3) is 11.0 Å². The summed E-state index contributed by atoms with van der Waals surface area (Å²) in [5.41, 5.74) is 2.39. The SMILES string of the molecule is COc1ccc(Cn2ncc3cc(C(=O)NCCC(C)(C)C)cnc32)c(OC)c1. The van der Waals surface area contributed by atoms with E-state index in [2.05, 4.69) is 36.2 Å². The van der Waals surface area contributed by atoms with E-state index in [0.29, 0.717) is 24.3 Å². The van der Waals surface area contributed by atoms with Crippen LogP contribution in [0.5, 0.6) is 11.5 Å². The Balaban J connectivity index is 1.76. The van der Waals surface area contributed by atoms with Gasteiger partial charge in [0.15, 0.2) is 5.65 Å². The predicted molar refractivity (Wildman–Crippen MR) is 113 cm³/mol. The third-order valence-corrected chi connectivity index (χ3v) is 4.71. The molecule has 0 unspecified atom stereocenters. The highest BCUT2D eigenvalue weighted by molar-refractivity contribution is 5.96. The first-order valence-electron chi connectivity index (χ1n) is 9.61. The van der Waals surface area contributed by atoms with Crippen molar-refractivity contribution >= 4 is 16.9 Å². The summed E-state index contributed by atoms with van der Waals surface area (Å²) in [4.78, 5) is 16.9. The Morgan fingerprint density at radius 1 is 1.14 bits per heavy atom. The van der Waals surface area contributed by atoms with Crippen LogP contribution in [0, 0.1) is 5.41 Å². The summed E-state index contributed by atoms with van der Waals surface area (Å²) >= 11 is 0. The van der Waals surface area contributed by atoms with Gasteiger partial charge in [-0.05, 0) is 30.0 Å². The molecule has 1 N–H and O–H groups in total. The van der Waals surface area contributed by atoms with Gasteiger partial charge in [0.25, 0.3) is 5.91 Å². The van der Waals surface area contributed by atoms with Gasteiger partial charge in [-0.1, -0.05) is 20.8 Å². The van der Waals surface area contributed by atoms with Crippen molar-refractivity contribution in [2.75, 3.05) is 20.8 Å². The third kappa shape index (κ3) is 5.04. The number of ether oxygens (including phenoxy) is 2. The minimum atomic E-state index is -0.117. The van der Waals surface area contributed by atoms with Crippen LogP contribution in [0.1, 0.15) is 43.1 Å². The Hall–Kier alpha value is -3.09. The fraction of sp³-hybridized carbons (Fsp3) is 0.409. The van der Waals surface area contributed by atoms with Crippen molar-refractivity contribution in [3.05, 3.63) is 47.8 Å². The molecule has 0 spiro atoms. The average Bonchev–Trinajstić information content (AvgIpc) is 3.09. The van der Waals surface area contributed by atoms with Crippen LogP contribution >= 0.6 is 0 Å². The van der Waals surface area contributed by atoms with Crippen LogP contribution in [-0.4, -0.2) is 41.4 Å². The number of carbonyl (C=O) groups excluding carboxylic acids is 1. The van der Waals surface area contributed by atoms with Gasteiger partial charge in [-0.2, -0.15) is 5.10 Å². The van der Waals surface area contributed by atoms with Gasteiger partial charge in [-0.25, -0.2) is 9.67 Å². The van der Waals surface area contributed by atoms with Gasteiger partial charge < -0.3 is 14.8 Å². The monoisotopic (exact) mass is 396 g/mol. The van der Waals surface area contributed by atoms with Crippen LogP contribution in [0.2, 0.25) is 0 Å². The molecule has 3 rings (SSSR count). The lowest BCUT2D eigenvalue weighted by Gasteiger charge is -2.17. The largest absolute Gasteiger partial charge is 0.497 e. The molecule has 0 radical (unpaired) electrons. The number of fused-ring (bicyclic) bond motifs is 1. The van der Waals surface area contributed by atoms with E-state index >= 15 is 0 Å². The molecule has 0 atom stereocenters. The summed E-state index contributed by atoms with van der Waals surface area (Å²) in [5, 5.41) is 8.22. The number of nitrogens with one attached hydrogen (secondary N) is 1. The van der Waals surface area contributed by atoms with Crippen LogP contribution in [-0.2, 0) is 6.54 Å². The van der Waals surface area contributed by atoms with E-state index in [1.54, 1.807) is 31.3 Å². The zero-order valence-corrected chi connectivity index (χ0v) is 17.7. The molecule has 0 fully saturated rings. The van der Waals surface area contributed by atoms with Crippen LogP contribution in [0.3, 0.4) is 0 Å². The molecule has 1 amide bonds. The molecule has 29 heavy (non-hydrogen) atoms. The zero-order valence-electron chi connectivity index (χ0n) is 17.7. The van der Waals surface area contributed by atoms with E-state index < -0.39 is 0 Å². The van der Waals surface area contributed by atoms with Gasteiger partial charge in [0.1, 0.15) is 11.5 Å². The van der Waals surface area contributed by atoms with Crippen molar-refractivity contribution in [1.29, 1.82) is 0 Å². The Kier molecular flexibility index (Phi) is 6.06. The van der Waals surface area contributed by atoms with Crippen molar-refractivity contribution in [2.45, 2.75) is 33.7 Å². The molecule has 2 aromatic heterocycles. The van der Waals surface area contributed by atoms with E-state index in [0.717, 1.165) is 28.9 Å². The maximum atomic E-state index is 12.4. The van der Waals surface area contributed by atoms with Crippen molar-refractivity contribution in [2.24, 2.45) is 5.41 Å². The minimum Gasteiger partial charge on any atom is -0.497 e. The molecular formula is C22H28N4O3. The first kappa shape index (κ1) is 20.6. The van der Waals surface area contributed by atoms with E-state index in [-0.39, 0.29) is 11.3 Å². The predicted octanol–water partition coefficient (Wildman–Crippen LogP) is 3.66. The average molecular weight is 396 g/mol. The van der Waals surface area contributed by atoms with Gasteiger partial charge in [0.2, 0.25) is 0 Å². The van der Waals surface area contributed by atoms with Crippen molar-refractivity contribution in [3.63, 3.8) is 0 Å². The number of hydrogen-bond acceptors (Lipinski definition) is 5. The lowest BCUT2D eigenvalue weighted by Crippen LogP contribution is -2.27. The van der Waals surface area contributed by atoms with Crippen LogP contribution < -0.4 is 14.8 Å². The summed E-state index contributed by atoms with van der Waals surface area (Å²) in [6.45, 7) is 7.59. The highest BCUT2D eigenvalue weighted by Crippen LogP contribution is 2.26. The molecule has 1 aromatic carbocycles. The van der Waals surface area contributed by atoms with Gasteiger partial charge in [0, 0.05) is 29.8 Å². The lowest BCUT2D eigenvalue weighted by atomic mass is 9.92. The quantitative estimate of drug-likeness (QED) is 0.659. The maximum Gasteiger partial charge on any atom is 0.252 e. The standard InChI is InChI=1S/C22H28N4O3/c1-22(2,3)8-9-23-21(27)17-10-16-13-25-26(20(16)24-12-17)14-15-6-7-18(28-4)11-19(15)29-5/h6-7,10-13H,8-9,14H2,1-5H3,(H,23,27). The third-order valence-electron chi connectivity index (χ3n) is 4.71. The summed E-state index contributed by atoms with van der Waals surface area (Å²) in [6.07, 6.45) is 4.23. The molecule has 7 nitrogen and oxygen atoms in total. The molecule has 3 aromatic rings. The maximum absolute atomic E-state index is 12.4. The molecule has 0 saturated carbocycles. The van der Waals surface area contributed by atoms with Crippen LogP contribution in [0.4, 0.5) is 0 Å². The second kappa shape index (κ2) is 8.51.